The molecule has 100 valence electrons. The molecule has 1 N–H and O–H groups in total. The molecule has 0 aliphatic carbocycles. The Bertz CT molecular complexity index is 546. The first-order chi connectivity index (χ1) is 9.20. The lowest BCUT2D eigenvalue weighted by Gasteiger charge is -2.01. The van der Waals surface area contributed by atoms with Crippen molar-refractivity contribution in [1.29, 1.82) is 0 Å². The standard InChI is InChI=1S/C15H16FNO2/c1-2-3-10-17-15(18)14-9-8-13(19-14)11-4-6-12(16)7-5-11/h4-9H,2-3,10H2,1H3,(H,17,18). The molecule has 19 heavy (non-hydrogen) atoms. The number of nitrogens with one attached hydrogen (secondary N) is 1. The largest absolute Gasteiger partial charge is 0.451 e. The fourth-order valence-electron chi connectivity index (χ4n) is 1.70. The Kier molecular flexibility index (Phi) is 4.34. The Balaban J connectivity index is 2.06. The Morgan fingerprint density at radius 1 is 1.21 bits per heavy atom. The highest BCUT2D eigenvalue weighted by Gasteiger charge is 2.11. The number of amides is 1. The number of hydrogen-bond acceptors (Lipinski definition) is 2. The molecule has 2 aromatic rings. The molecule has 3 nitrogen and oxygen atoms in total. The van der Waals surface area contributed by atoms with Crippen LogP contribution in [0.15, 0.2) is 40.8 Å². The molecule has 2 rings (SSSR count). The second-order valence-electron chi connectivity index (χ2n) is 4.28. The van der Waals surface area contributed by atoms with Crippen LogP contribution in [0, 0.1) is 5.82 Å². The van der Waals surface area contributed by atoms with Crippen molar-refractivity contribution in [2.75, 3.05) is 6.54 Å². The van der Waals surface area contributed by atoms with Crippen LogP contribution in [-0.2, 0) is 0 Å². The van der Waals surface area contributed by atoms with E-state index in [-0.39, 0.29) is 17.5 Å². The maximum atomic E-state index is 12.8. The number of carbonyl (C=O) groups is 1. The summed E-state index contributed by atoms with van der Waals surface area (Å²) in [5.74, 6) is 0.311. The van der Waals surface area contributed by atoms with Crippen LogP contribution in [-0.4, -0.2) is 12.5 Å². The fraction of sp³-hybridized carbons (Fsp3) is 0.267. The molecule has 4 heteroatoms. The molecule has 0 unspecified atom stereocenters. The summed E-state index contributed by atoms with van der Waals surface area (Å²) >= 11 is 0. The molecule has 1 aromatic carbocycles. The minimum absolute atomic E-state index is 0.221. The molecule has 0 aliphatic heterocycles. The van der Waals surface area contributed by atoms with E-state index in [9.17, 15) is 9.18 Å². The first-order valence-corrected chi connectivity index (χ1v) is 6.34. The molecule has 0 saturated carbocycles. The van der Waals surface area contributed by atoms with Gasteiger partial charge in [-0.1, -0.05) is 13.3 Å². The van der Waals surface area contributed by atoms with E-state index in [0.717, 1.165) is 18.4 Å². The van der Waals surface area contributed by atoms with Crippen molar-refractivity contribution in [2.45, 2.75) is 19.8 Å². The average Bonchev–Trinajstić information content (AvgIpc) is 2.89. The summed E-state index contributed by atoms with van der Waals surface area (Å²) in [6, 6.07) is 9.29. The predicted octanol–water partition coefficient (Wildman–Crippen LogP) is 3.62. The van der Waals surface area contributed by atoms with E-state index >= 15 is 0 Å². The minimum Gasteiger partial charge on any atom is -0.451 e. The number of furan rings is 1. The van der Waals surface area contributed by atoms with Gasteiger partial charge >= 0.3 is 0 Å². The molecule has 0 aliphatic rings. The highest BCUT2D eigenvalue weighted by atomic mass is 19.1. The number of hydrogen-bond donors (Lipinski definition) is 1. The van der Waals surface area contributed by atoms with Gasteiger partial charge in [-0.25, -0.2) is 4.39 Å². The Morgan fingerprint density at radius 2 is 1.95 bits per heavy atom. The van der Waals surface area contributed by atoms with Crippen LogP contribution in [0.5, 0.6) is 0 Å². The smallest absolute Gasteiger partial charge is 0.287 e. The van der Waals surface area contributed by atoms with Gasteiger partial charge in [0.2, 0.25) is 0 Å². The van der Waals surface area contributed by atoms with Crippen molar-refractivity contribution in [3.8, 4) is 11.3 Å². The van der Waals surface area contributed by atoms with Crippen molar-refractivity contribution >= 4 is 5.91 Å². The van der Waals surface area contributed by atoms with Crippen LogP contribution in [0.25, 0.3) is 11.3 Å². The maximum absolute atomic E-state index is 12.8. The van der Waals surface area contributed by atoms with E-state index in [1.165, 1.54) is 12.1 Å². The quantitative estimate of drug-likeness (QED) is 0.835. The number of unbranched alkanes of at least 4 members (excludes halogenated alkanes) is 1. The maximum Gasteiger partial charge on any atom is 0.287 e. The lowest BCUT2D eigenvalue weighted by atomic mass is 10.2. The van der Waals surface area contributed by atoms with Crippen molar-refractivity contribution in [2.24, 2.45) is 0 Å². The van der Waals surface area contributed by atoms with E-state index in [4.69, 9.17) is 4.42 Å². The van der Waals surface area contributed by atoms with Gasteiger partial charge in [0.05, 0.1) is 0 Å². The van der Waals surface area contributed by atoms with Gasteiger partial charge in [-0.05, 0) is 42.8 Å². The summed E-state index contributed by atoms with van der Waals surface area (Å²) in [7, 11) is 0. The SMILES string of the molecule is CCCCNC(=O)c1ccc(-c2ccc(F)cc2)o1. The van der Waals surface area contributed by atoms with Crippen LogP contribution >= 0.6 is 0 Å². The Morgan fingerprint density at radius 3 is 2.63 bits per heavy atom. The molecule has 0 spiro atoms. The molecule has 1 heterocycles. The van der Waals surface area contributed by atoms with Crippen LogP contribution in [0.1, 0.15) is 30.3 Å². The highest BCUT2D eigenvalue weighted by molar-refractivity contribution is 5.92. The summed E-state index contributed by atoms with van der Waals surface area (Å²) < 4.78 is 18.3. The third kappa shape index (κ3) is 3.44. The van der Waals surface area contributed by atoms with E-state index < -0.39 is 0 Å². The van der Waals surface area contributed by atoms with Gasteiger partial charge in [0, 0.05) is 12.1 Å². The monoisotopic (exact) mass is 261 g/mol. The van der Waals surface area contributed by atoms with Gasteiger partial charge in [0.25, 0.3) is 5.91 Å². The molecular weight excluding hydrogens is 245 g/mol. The summed E-state index contributed by atoms with van der Waals surface area (Å²) in [6.07, 6.45) is 1.97. The van der Waals surface area contributed by atoms with Gasteiger partial charge in [-0.3, -0.25) is 4.79 Å². The van der Waals surface area contributed by atoms with Gasteiger partial charge < -0.3 is 9.73 Å². The summed E-state index contributed by atoms with van der Waals surface area (Å²) in [5, 5.41) is 2.78. The normalized spacial score (nSPS) is 10.4. The first-order valence-electron chi connectivity index (χ1n) is 6.34. The number of rotatable bonds is 5. The molecule has 0 fully saturated rings. The molecule has 1 aromatic heterocycles. The Hall–Kier alpha value is -2.10. The van der Waals surface area contributed by atoms with Crippen LogP contribution in [0.2, 0.25) is 0 Å². The van der Waals surface area contributed by atoms with Crippen molar-refractivity contribution in [3.05, 3.63) is 48.0 Å². The van der Waals surface area contributed by atoms with E-state index in [1.54, 1.807) is 24.3 Å². The van der Waals surface area contributed by atoms with Gasteiger partial charge in [-0.15, -0.1) is 0 Å². The zero-order valence-corrected chi connectivity index (χ0v) is 10.8. The van der Waals surface area contributed by atoms with Gasteiger partial charge in [0.1, 0.15) is 11.6 Å². The lowest BCUT2D eigenvalue weighted by molar-refractivity contribution is 0.0926. The topological polar surface area (TPSA) is 42.2 Å². The average molecular weight is 261 g/mol. The highest BCUT2D eigenvalue weighted by Crippen LogP contribution is 2.22. The number of carbonyl (C=O) groups excluding carboxylic acids is 1. The van der Waals surface area contributed by atoms with Crippen LogP contribution in [0.4, 0.5) is 4.39 Å². The summed E-state index contributed by atoms with van der Waals surface area (Å²) in [6.45, 7) is 2.70. The van der Waals surface area contributed by atoms with Crippen LogP contribution in [0.3, 0.4) is 0 Å². The fourth-order valence-corrected chi connectivity index (χ4v) is 1.70. The second-order valence-corrected chi connectivity index (χ2v) is 4.28. The van der Waals surface area contributed by atoms with E-state index in [1.807, 2.05) is 0 Å². The first kappa shape index (κ1) is 13.3. The van der Waals surface area contributed by atoms with Gasteiger partial charge in [-0.2, -0.15) is 0 Å². The van der Waals surface area contributed by atoms with Gasteiger partial charge in [0.15, 0.2) is 5.76 Å². The Labute approximate surface area is 111 Å². The van der Waals surface area contributed by atoms with Crippen molar-refractivity contribution in [1.82, 2.24) is 5.32 Å². The summed E-state index contributed by atoms with van der Waals surface area (Å²) in [4.78, 5) is 11.8. The second kappa shape index (κ2) is 6.18. The molecule has 0 saturated heterocycles. The molecule has 0 atom stereocenters. The number of benzene rings is 1. The van der Waals surface area contributed by atoms with Crippen molar-refractivity contribution < 1.29 is 13.6 Å². The van der Waals surface area contributed by atoms with E-state index in [2.05, 4.69) is 12.2 Å². The molecule has 0 radical (unpaired) electrons. The lowest BCUT2D eigenvalue weighted by Crippen LogP contribution is -2.23. The molecule has 1 amide bonds. The minimum atomic E-state index is -0.298. The third-order valence-corrected chi connectivity index (χ3v) is 2.77. The summed E-state index contributed by atoms with van der Waals surface area (Å²) in [5.41, 5.74) is 0.744. The zero-order chi connectivity index (χ0) is 13.7. The molecule has 0 bridgehead atoms. The number of halogens is 1. The van der Waals surface area contributed by atoms with E-state index in [0.29, 0.717) is 12.3 Å². The predicted molar refractivity (Wildman–Crippen MR) is 71.3 cm³/mol. The molecular formula is C15H16FNO2. The zero-order valence-electron chi connectivity index (χ0n) is 10.8. The van der Waals surface area contributed by atoms with Crippen LogP contribution < -0.4 is 5.32 Å². The third-order valence-electron chi connectivity index (χ3n) is 2.77. The van der Waals surface area contributed by atoms with Crippen molar-refractivity contribution in [3.63, 3.8) is 0 Å².